The summed E-state index contributed by atoms with van der Waals surface area (Å²) in [4.78, 5) is 2.18. The van der Waals surface area contributed by atoms with Crippen molar-refractivity contribution in [3.63, 3.8) is 0 Å². The van der Waals surface area contributed by atoms with Crippen molar-refractivity contribution in [3.8, 4) is 0 Å². The fourth-order valence-corrected chi connectivity index (χ4v) is 2.36. The summed E-state index contributed by atoms with van der Waals surface area (Å²) < 4.78 is 0. The van der Waals surface area contributed by atoms with Gasteiger partial charge in [0.1, 0.15) is 0 Å². The summed E-state index contributed by atoms with van der Waals surface area (Å²) in [6.45, 7) is 12.5. The molecule has 0 saturated heterocycles. The zero-order chi connectivity index (χ0) is 11.4. The summed E-state index contributed by atoms with van der Waals surface area (Å²) in [5.41, 5.74) is 2.77. The van der Waals surface area contributed by atoms with Crippen LogP contribution in [0.25, 0.3) is 0 Å². The van der Waals surface area contributed by atoms with Crippen LogP contribution < -0.4 is 0 Å². The van der Waals surface area contributed by atoms with Gasteiger partial charge in [-0.05, 0) is 44.7 Å². The maximum Gasteiger partial charge on any atom is 0.0600 e. The number of hydrogen-bond donors (Lipinski definition) is 0. The highest BCUT2D eigenvalue weighted by Gasteiger charge is 2.23. The molecule has 1 aliphatic rings. The Labute approximate surface area is 93.5 Å². The largest absolute Gasteiger partial charge is 0.348 e. The van der Waals surface area contributed by atoms with Gasteiger partial charge in [0, 0.05) is 0 Å². The van der Waals surface area contributed by atoms with Crippen LogP contribution in [0.3, 0.4) is 0 Å². The van der Waals surface area contributed by atoms with E-state index in [1.807, 2.05) is 19.2 Å². The summed E-state index contributed by atoms with van der Waals surface area (Å²) in [7, 11) is 0. The predicted octanol–water partition coefficient (Wildman–Crippen LogP) is 3.88. The molecule has 1 heteroatoms. The quantitative estimate of drug-likeness (QED) is 0.673. The molecule has 82 valence electrons. The highest BCUT2D eigenvalue weighted by molar-refractivity contribution is 5.32. The number of nitrogens with zero attached hydrogens (tertiary/aromatic N) is 1. The van der Waals surface area contributed by atoms with Gasteiger partial charge in [-0.25, -0.2) is 0 Å². The van der Waals surface area contributed by atoms with Gasteiger partial charge in [0.05, 0.1) is 6.04 Å². The molecule has 0 aromatic heterocycles. The minimum atomic E-state index is 0.419. The van der Waals surface area contributed by atoms with Crippen molar-refractivity contribution in [2.45, 2.75) is 33.7 Å². The van der Waals surface area contributed by atoms with E-state index in [1.54, 1.807) is 0 Å². The van der Waals surface area contributed by atoms with Crippen LogP contribution in [0.4, 0.5) is 0 Å². The van der Waals surface area contributed by atoms with Gasteiger partial charge in [-0.15, -0.1) is 0 Å². The Kier molecular flexibility index (Phi) is 3.96. The number of rotatable bonds is 3. The van der Waals surface area contributed by atoms with Gasteiger partial charge >= 0.3 is 0 Å². The first-order valence-corrected chi connectivity index (χ1v) is 5.49. The Morgan fingerprint density at radius 3 is 2.53 bits per heavy atom. The third kappa shape index (κ3) is 2.62. The average molecular weight is 203 g/mol. The molecule has 0 spiro atoms. The molecule has 1 nitrogen and oxygen atoms in total. The molecule has 0 radical (unpaired) electrons. The third-order valence-corrected chi connectivity index (χ3v) is 2.80. The van der Waals surface area contributed by atoms with Crippen LogP contribution in [0.15, 0.2) is 48.4 Å². The highest BCUT2D eigenvalue weighted by Crippen LogP contribution is 2.27. The fraction of sp³-hybridized carbons (Fsp3) is 0.429. The Balaban J connectivity index is 2.95. The highest BCUT2D eigenvalue weighted by atomic mass is 15.1. The molecular formula is C14H21N. The van der Waals surface area contributed by atoms with Gasteiger partial charge in [-0.3, -0.25) is 0 Å². The van der Waals surface area contributed by atoms with Crippen LogP contribution >= 0.6 is 0 Å². The Morgan fingerprint density at radius 2 is 2.07 bits per heavy atom. The van der Waals surface area contributed by atoms with Crippen LogP contribution in [-0.4, -0.2) is 10.9 Å². The minimum absolute atomic E-state index is 0.419. The van der Waals surface area contributed by atoms with E-state index in [0.29, 0.717) is 12.0 Å². The first kappa shape index (κ1) is 11.8. The Hall–Kier alpha value is -1.24. The second kappa shape index (κ2) is 5.01. The van der Waals surface area contributed by atoms with Crippen molar-refractivity contribution in [1.29, 1.82) is 0 Å². The normalized spacial score (nSPS) is 26.1. The average Bonchev–Trinajstić information content (AvgIpc) is 2.14. The van der Waals surface area contributed by atoms with Gasteiger partial charge in [0.2, 0.25) is 0 Å². The van der Waals surface area contributed by atoms with Crippen molar-refractivity contribution in [2.75, 3.05) is 0 Å². The van der Waals surface area contributed by atoms with Crippen LogP contribution in [0.5, 0.6) is 0 Å². The molecule has 15 heavy (non-hydrogen) atoms. The maximum atomic E-state index is 3.87. The number of allylic oxidation sites excluding steroid dienone is 3. The molecular weight excluding hydrogens is 182 g/mol. The second-order valence-electron chi connectivity index (χ2n) is 4.22. The molecule has 1 aliphatic carbocycles. The molecule has 0 aromatic rings. The molecule has 0 bridgehead atoms. The van der Waals surface area contributed by atoms with Gasteiger partial charge in [-0.2, -0.15) is 0 Å². The van der Waals surface area contributed by atoms with Gasteiger partial charge < -0.3 is 4.90 Å². The second-order valence-corrected chi connectivity index (χ2v) is 4.22. The van der Waals surface area contributed by atoms with Crippen molar-refractivity contribution in [1.82, 2.24) is 4.90 Å². The molecule has 0 heterocycles. The van der Waals surface area contributed by atoms with Crippen molar-refractivity contribution >= 4 is 0 Å². The van der Waals surface area contributed by atoms with E-state index in [0.717, 1.165) is 0 Å². The van der Waals surface area contributed by atoms with E-state index < -0.39 is 0 Å². The molecule has 1 rings (SSSR count). The molecule has 0 saturated carbocycles. The van der Waals surface area contributed by atoms with E-state index in [-0.39, 0.29) is 0 Å². The van der Waals surface area contributed by atoms with Crippen molar-refractivity contribution in [2.24, 2.45) is 5.92 Å². The summed E-state index contributed by atoms with van der Waals surface area (Å²) in [5.74, 6) is 0.532. The van der Waals surface area contributed by atoms with E-state index in [9.17, 15) is 0 Å². The first-order valence-electron chi connectivity index (χ1n) is 5.49. The lowest BCUT2D eigenvalue weighted by molar-refractivity contribution is 0.343. The van der Waals surface area contributed by atoms with Crippen molar-refractivity contribution < 1.29 is 0 Å². The lowest BCUT2D eigenvalue weighted by Crippen LogP contribution is -2.34. The Morgan fingerprint density at radius 1 is 1.40 bits per heavy atom. The van der Waals surface area contributed by atoms with Crippen LogP contribution in [-0.2, 0) is 0 Å². The molecule has 0 aromatic carbocycles. The molecule has 2 atom stereocenters. The molecule has 0 aliphatic heterocycles. The maximum absolute atomic E-state index is 3.87. The van der Waals surface area contributed by atoms with E-state index in [2.05, 4.69) is 50.6 Å². The summed E-state index contributed by atoms with van der Waals surface area (Å²) >= 11 is 0. The molecule has 0 N–H and O–H groups in total. The van der Waals surface area contributed by atoms with Crippen molar-refractivity contribution in [3.05, 3.63) is 48.4 Å². The summed E-state index contributed by atoms with van der Waals surface area (Å²) in [6.07, 6.45) is 10.6. The van der Waals surface area contributed by atoms with Gasteiger partial charge in [-0.1, -0.05) is 37.3 Å². The minimum Gasteiger partial charge on any atom is -0.348 e. The van der Waals surface area contributed by atoms with E-state index in [4.69, 9.17) is 0 Å². The lowest BCUT2D eigenvalue weighted by atomic mass is 9.87. The molecule has 0 amide bonds. The van der Waals surface area contributed by atoms with Gasteiger partial charge in [0.15, 0.2) is 0 Å². The predicted molar refractivity (Wildman–Crippen MR) is 67.3 cm³/mol. The summed E-state index contributed by atoms with van der Waals surface area (Å²) in [6, 6.07) is 0.419. The van der Waals surface area contributed by atoms with Crippen LogP contribution in [0.2, 0.25) is 0 Å². The monoisotopic (exact) mass is 203 g/mol. The fourth-order valence-electron chi connectivity index (χ4n) is 2.36. The lowest BCUT2D eigenvalue weighted by Gasteiger charge is -2.34. The van der Waals surface area contributed by atoms with Gasteiger partial charge in [0.25, 0.3) is 0 Å². The van der Waals surface area contributed by atoms with Crippen LogP contribution in [0.1, 0.15) is 27.7 Å². The van der Waals surface area contributed by atoms with E-state index in [1.165, 1.54) is 11.1 Å². The summed E-state index contributed by atoms with van der Waals surface area (Å²) in [5, 5.41) is 0. The first-order chi connectivity index (χ1) is 7.10. The smallest absolute Gasteiger partial charge is 0.0600 e. The topological polar surface area (TPSA) is 3.24 Å². The number of hydrogen-bond acceptors (Lipinski definition) is 1. The van der Waals surface area contributed by atoms with Crippen LogP contribution in [0, 0.1) is 5.92 Å². The Bertz CT molecular complexity index is 320. The molecule has 0 fully saturated rings. The molecule has 2 unspecified atom stereocenters. The zero-order valence-corrected chi connectivity index (χ0v) is 10.2. The third-order valence-electron chi connectivity index (χ3n) is 2.80. The zero-order valence-electron chi connectivity index (χ0n) is 10.2. The SMILES string of the molecule is C=CN(/C=C\C)C1C(C)=CC(C)=CC1C. The standard InChI is InChI=1S/C14H21N/c1-6-8-15(7-2)14-12(4)9-11(3)10-13(14)5/h6-10,12,14H,2H2,1,3-5H3/b8-6-. The van der Waals surface area contributed by atoms with E-state index >= 15 is 0 Å².